The van der Waals surface area contributed by atoms with Crippen molar-refractivity contribution in [3.63, 3.8) is 0 Å². The molecule has 0 unspecified atom stereocenters. The number of nitrogens with zero attached hydrogens (tertiary/aromatic N) is 2. The van der Waals surface area contributed by atoms with Gasteiger partial charge in [-0.15, -0.1) is 0 Å². The molecule has 1 heterocycles. The molecule has 0 radical (unpaired) electrons. The van der Waals surface area contributed by atoms with Crippen molar-refractivity contribution in [2.45, 2.75) is 38.5 Å². The molecule has 68 heavy (non-hydrogen) atoms. The molecule has 0 spiro atoms. The van der Waals surface area contributed by atoms with Gasteiger partial charge in [-0.05, 0) is 151 Å². The van der Waals surface area contributed by atoms with Crippen LogP contribution in [0.1, 0.15) is 49.9 Å². The highest BCUT2D eigenvalue weighted by Gasteiger charge is 2.37. The molecule has 0 bridgehead atoms. The maximum Gasteiger partial charge on any atom is 0.0541 e. The van der Waals surface area contributed by atoms with Crippen LogP contribution in [0.3, 0.4) is 0 Å². The Morgan fingerprint density at radius 3 is 1.43 bits per heavy atom. The number of hydrogen-bond donors (Lipinski definition) is 0. The Morgan fingerprint density at radius 2 is 0.779 bits per heavy atom. The van der Waals surface area contributed by atoms with E-state index in [1.165, 1.54) is 105 Å². The van der Waals surface area contributed by atoms with Crippen LogP contribution in [0.5, 0.6) is 0 Å². The van der Waals surface area contributed by atoms with E-state index in [0.717, 1.165) is 17.1 Å². The fourth-order valence-corrected chi connectivity index (χ4v) is 11.7. The van der Waals surface area contributed by atoms with E-state index in [2.05, 4.69) is 268 Å². The van der Waals surface area contributed by atoms with Gasteiger partial charge in [-0.1, -0.05) is 185 Å². The smallest absolute Gasteiger partial charge is 0.0541 e. The summed E-state index contributed by atoms with van der Waals surface area (Å²) in [6, 6.07) is 85.6. The van der Waals surface area contributed by atoms with E-state index in [1.807, 2.05) is 0 Å². The average Bonchev–Trinajstić information content (AvgIpc) is 3.93. The fourth-order valence-electron chi connectivity index (χ4n) is 11.7. The highest BCUT2D eigenvalue weighted by Crippen LogP contribution is 2.53. The number of aromatic nitrogens is 1. The maximum atomic E-state index is 2.46. The van der Waals surface area contributed by atoms with Crippen molar-refractivity contribution in [1.82, 2.24) is 4.57 Å². The molecule has 0 aliphatic heterocycles. The molecular weight excluding hydrogens is 821 g/mol. The predicted molar refractivity (Wildman–Crippen MR) is 287 cm³/mol. The fraction of sp³-hybridized carbons (Fsp3) is 0.0909. The first-order valence-corrected chi connectivity index (χ1v) is 23.9. The zero-order valence-corrected chi connectivity index (χ0v) is 38.8. The van der Waals surface area contributed by atoms with Gasteiger partial charge in [-0.3, -0.25) is 0 Å². The average molecular weight is 871 g/mol. The molecule has 0 N–H and O–H groups in total. The number of rotatable bonds is 7. The van der Waals surface area contributed by atoms with Crippen LogP contribution in [-0.2, 0) is 10.8 Å². The highest BCUT2D eigenvalue weighted by atomic mass is 15.1. The Labute approximate surface area is 399 Å². The molecule has 0 saturated heterocycles. The second-order valence-electron chi connectivity index (χ2n) is 19.7. The summed E-state index contributed by atoms with van der Waals surface area (Å²) in [6.45, 7) is 9.47. The minimum absolute atomic E-state index is 0.117. The molecule has 10 aromatic carbocycles. The van der Waals surface area contributed by atoms with Gasteiger partial charge in [-0.2, -0.15) is 0 Å². The minimum atomic E-state index is -0.117. The lowest BCUT2D eigenvalue weighted by molar-refractivity contribution is 0.660. The monoisotopic (exact) mass is 870 g/mol. The van der Waals surface area contributed by atoms with Crippen molar-refractivity contribution >= 4 is 38.9 Å². The first-order valence-electron chi connectivity index (χ1n) is 23.9. The van der Waals surface area contributed by atoms with Crippen LogP contribution in [0.25, 0.3) is 83.1 Å². The van der Waals surface area contributed by atoms with E-state index in [1.54, 1.807) is 0 Å². The molecule has 2 nitrogen and oxygen atoms in total. The Kier molecular flexibility index (Phi) is 8.95. The van der Waals surface area contributed by atoms with E-state index in [-0.39, 0.29) is 10.8 Å². The summed E-state index contributed by atoms with van der Waals surface area (Å²) in [7, 11) is 0. The molecule has 2 aliphatic carbocycles. The number of fused-ring (bicyclic) bond motifs is 9. The first-order chi connectivity index (χ1) is 33.2. The van der Waals surface area contributed by atoms with Crippen LogP contribution < -0.4 is 4.90 Å². The summed E-state index contributed by atoms with van der Waals surface area (Å²) >= 11 is 0. The molecular formula is C66H50N2. The Morgan fingerprint density at radius 1 is 0.294 bits per heavy atom. The third-order valence-corrected chi connectivity index (χ3v) is 15.2. The number of hydrogen-bond acceptors (Lipinski definition) is 1. The van der Waals surface area contributed by atoms with Gasteiger partial charge in [0.15, 0.2) is 0 Å². The zero-order chi connectivity index (χ0) is 45.7. The minimum Gasteiger partial charge on any atom is -0.310 e. The largest absolute Gasteiger partial charge is 0.310 e. The van der Waals surface area contributed by atoms with Crippen LogP contribution in [-0.4, -0.2) is 4.57 Å². The molecule has 0 atom stereocenters. The Hall–Kier alpha value is -8.20. The quantitative estimate of drug-likeness (QED) is 0.155. The number of para-hydroxylation sites is 2. The summed E-state index contributed by atoms with van der Waals surface area (Å²) in [5.41, 5.74) is 24.8. The van der Waals surface area contributed by atoms with E-state index >= 15 is 0 Å². The van der Waals surface area contributed by atoms with Crippen LogP contribution in [0.15, 0.2) is 231 Å². The van der Waals surface area contributed by atoms with Gasteiger partial charge in [0.25, 0.3) is 0 Å². The van der Waals surface area contributed by atoms with Crippen LogP contribution in [0, 0.1) is 0 Å². The molecule has 0 saturated carbocycles. The summed E-state index contributed by atoms with van der Waals surface area (Å²) in [6.07, 6.45) is 0. The molecule has 0 fully saturated rings. The van der Waals surface area contributed by atoms with Gasteiger partial charge in [0.1, 0.15) is 0 Å². The van der Waals surface area contributed by atoms with Gasteiger partial charge in [0.05, 0.1) is 11.0 Å². The number of benzene rings is 10. The van der Waals surface area contributed by atoms with Crippen LogP contribution >= 0.6 is 0 Å². The van der Waals surface area contributed by atoms with Crippen molar-refractivity contribution in [3.8, 4) is 61.3 Å². The van der Waals surface area contributed by atoms with Gasteiger partial charge in [0.2, 0.25) is 0 Å². The van der Waals surface area contributed by atoms with E-state index < -0.39 is 0 Å². The molecule has 0 amide bonds. The summed E-state index contributed by atoms with van der Waals surface area (Å²) in [5.74, 6) is 0. The first kappa shape index (κ1) is 40.1. The van der Waals surface area contributed by atoms with Crippen molar-refractivity contribution in [2.24, 2.45) is 0 Å². The van der Waals surface area contributed by atoms with Gasteiger partial charge < -0.3 is 9.47 Å². The second kappa shape index (κ2) is 15.2. The van der Waals surface area contributed by atoms with Crippen molar-refractivity contribution < 1.29 is 0 Å². The zero-order valence-electron chi connectivity index (χ0n) is 38.8. The lowest BCUT2D eigenvalue weighted by atomic mass is 9.82. The normalized spacial score (nSPS) is 13.8. The Balaban J connectivity index is 0.922. The van der Waals surface area contributed by atoms with Crippen molar-refractivity contribution in [1.29, 1.82) is 0 Å². The summed E-state index contributed by atoms with van der Waals surface area (Å²) in [4.78, 5) is 2.46. The van der Waals surface area contributed by atoms with Crippen LogP contribution in [0.2, 0.25) is 0 Å². The third-order valence-electron chi connectivity index (χ3n) is 15.2. The maximum absolute atomic E-state index is 2.46. The molecule has 11 aromatic rings. The number of anilines is 3. The van der Waals surface area contributed by atoms with E-state index in [9.17, 15) is 0 Å². The lowest BCUT2D eigenvalue weighted by Crippen LogP contribution is -2.18. The SMILES string of the molecule is CC1(C)c2ccccc2-c2ccc(N(c3ccc(-c4ccc(-c5ccc6c(c5)c5ccccc5n6-c5ccccc5)c(-c5ccccc5)c4)cc3)c3ccc4c(c3)C(C)(C)c3ccccc3-4)cc21. The summed E-state index contributed by atoms with van der Waals surface area (Å²) < 4.78 is 2.38. The molecule has 2 aliphatic rings. The van der Waals surface area contributed by atoms with E-state index in [0.29, 0.717) is 0 Å². The topological polar surface area (TPSA) is 8.17 Å². The molecule has 2 heteroatoms. The highest BCUT2D eigenvalue weighted by molar-refractivity contribution is 6.11. The molecule has 13 rings (SSSR count). The van der Waals surface area contributed by atoms with E-state index in [4.69, 9.17) is 0 Å². The van der Waals surface area contributed by atoms with Crippen molar-refractivity contribution in [3.05, 3.63) is 253 Å². The van der Waals surface area contributed by atoms with Gasteiger partial charge >= 0.3 is 0 Å². The standard InChI is InChI=1S/C66H50N2/c1-65(2)59-24-14-11-21-52(59)54-36-33-49(41-61(54)65)67(50-34-37-55-53-22-12-15-25-60(53)66(3,4)62(55)42-50)48-31-27-43(28-32-48)45-29-35-51(57(39-45)44-17-7-5-8-18-44)46-30-38-64-58(40-46)56-23-13-16-26-63(56)68(64)47-19-9-6-10-20-47/h5-42H,1-4H3. The van der Waals surface area contributed by atoms with Gasteiger partial charge in [0, 0.05) is 44.4 Å². The molecule has 324 valence electrons. The predicted octanol–water partition coefficient (Wildman–Crippen LogP) is 17.9. The summed E-state index contributed by atoms with van der Waals surface area (Å²) in [5, 5.41) is 2.50. The Bertz CT molecular complexity index is 3670. The van der Waals surface area contributed by atoms with Gasteiger partial charge in [-0.25, -0.2) is 0 Å². The molecule has 1 aromatic heterocycles. The lowest BCUT2D eigenvalue weighted by Gasteiger charge is -2.30. The van der Waals surface area contributed by atoms with Crippen LogP contribution in [0.4, 0.5) is 17.1 Å². The second-order valence-corrected chi connectivity index (χ2v) is 19.7. The third kappa shape index (κ3) is 6.10. The van der Waals surface area contributed by atoms with Crippen molar-refractivity contribution in [2.75, 3.05) is 4.90 Å².